The first-order valence-electron chi connectivity index (χ1n) is 19.1. The molecule has 0 aromatic heterocycles. The number of rotatable bonds is 10. The quantitative estimate of drug-likeness (QED) is 0.154. The van der Waals surface area contributed by atoms with E-state index in [2.05, 4.69) is 39.8 Å². The summed E-state index contributed by atoms with van der Waals surface area (Å²) in [6, 6.07) is 8.55. The van der Waals surface area contributed by atoms with E-state index in [0.717, 1.165) is 47.7 Å². The molecule has 8 atom stereocenters. The van der Waals surface area contributed by atoms with Crippen molar-refractivity contribution in [1.82, 2.24) is 0 Å². The zero-order valence-electron chi connectivity index (χ0n) is 28.4. The molecular weight excluding hydrogens is 524 g/mol. The second-order valence-electron chi connectivity index (χ2n) is 16.9. The molecular formula is C41H64O2. The number of carbonyl (C=O) groups excluding carboxylic acids is 1. The Morgan fingerprint density at radius 2 is 1.60 bits per heavy atom. The van der Waals surface area contributed by atoms with Gasteiger partial charge in [0.2, 0.25) is 0 Å². The smallest absolute Gasteiger partial charge is 0.311 e. The van der Waals surface area contributed by atoms with Crippen LogP contribution in [-0.2, 0) is 4.79 Å². The van der Waals surface area contributed by atoms with Gasteiger partial charge in [-0.1, -0.05) is 78.4 Å². The molecule has 2 nitrogen and oxygen atoms in total. The summed E-state index contributed by atoms with van der Waals surface area (Å²) >= 11 is 0. The molecule has 1 unspecified atom stereocenters. The molecule has 0 heterocycles. The van der Waals surface area contributed by atoms with E-state index in [9.17, 15) is 4.79 Å². The lowest BCUT2D eigenvalue weighted by atomic mass is 9.44. The first-order chi connectivity index (χ1) is 20.8. The molecule has 5 saturated carbocycles. The Bertz CT molecular complexity index is 1050. The maximum Gasteiger partial charge on any atom is 0.311 e. The minimum Gasteiger partial charge on any atom is -0.427 e. The Labute approximate surface area is 264 Å². The van der Waals surface area contributed by atoms with Crippen LogP contribution >= 0.6 is 0 Å². The van der Waals surface area contributed by atoms with Crippen molar-refractivity contribution in [2.24, 2.45) is 52.3 Å². The Kier molecular flexibility index (Phi) is 10.0. The van der Waals surface area contributed by atoms with Crippen LogP contribution in [0.1, 0.15) is 168 Å². The molecule has 0 amide bonds. The number of carbonyl (C=O) groups is 1. The molecule has 6 rings (SSSR count). The monoisotopic (exact) mass is 588 g/mol. The maximum atomic E-state index is 13.0. The van der Waals surface area contributed by atoms with Crippen molar-refractivity contribution in [3.8, 4) is 5.75 Å². The van der Waals surface area contributed by atoms with Gasteiger partial charge in [-0.05, 0) is 159 Å². The third kappa shape index (κ3) is 6.52. The number of hydrogen-bond acceptors (Lipinski definition) is 2. The number of fused-ring (bicyclic) bond motifs is 5. The summed E-state index contributed by atoms with van der Waals surface area (Å²) in [4.78, 5) is 13.0. The molecule has 43 heavy (non-hydrogen) atoms. The van der Waals surface area contributed by atoms with Crippen molar-refractivity contribution in [3.63, 3.8) is 0 Å². The first kappa shape index (κ1) is 31.7. The molecule has 5 fully saturated rings. The van der Waals surface area contributed by atoms with E-state index in [1.54, 1.807) is 0 Å². The van der Waals surface area contributed by atoms with E-state index in [4.69, 9.17) is 4.74 Å². The molecule has 5 aliphatic rings. The summed E-state index contributed by atoms with van der Waals surface area (Å²) in [5.41, 5.74) is 2.54. The van der Waals surface area contributed by atoms with E-state index in [1.807, 2.05) is 12.1 Å². The number of benzene rings is 1. The standard InChI is InChI=1S/C41H64O2/c1-5-6-7-10-30-13-15-31(16-14-30)32-17-20-34(21-18-32)43-39(42)25-12-29(2)36-23-24-37-35-22-19-33-11-8-9-27-40(33,3)38(35)26-28-41(36,37)4/h17-18,20-21,29-31,33,35-38H,5-16,19,22-28H2,1-4H3/t29-,30?,31?,33?,35+,36-,37+,38+,40+,41-/m1/s1. The summed E-state index contributed by atoms with van der Waals surface area (Å²) in [6.07, 6.45) is 27.1. The van der Waals surface area contributed by atoms with E-state index < -0.39 is 0 Å². The molecule has 2 heteroatoms. The average molecular weight is 589 g/mol. The molecule has 0 bridgehead atoms. The van der Waals surface area contributed by atoms with Gasteiger partial charge in [0.05, 0.1) is 0 Å². The topological polar surface area (TPSA) is 26.3 Å². The third-order valence-electron chi connectivity index (χ3n) is 14.8. The van der Waals surface area contributed by atoms with Gasteiger partial charge in [0.15, 0.2) is 0 Å². The molecule has 1 aromatic carbocycles. The first-order valence-corrected chi connectivity index (χ1v) is 19.1. The van der Waals surface area contributed by atoms with E-state index in [1.165, 1.54) is 121 Å². The van der Waals surface area contributed by atoms with Crippen LogP contribution in [0, 0.1) is 52.3 Å². The highest BCUT2D eigenvalue weighted by atomic mass is 16.5. The van der Waals surface area contributed by atoms with Crippen LogP contribution < -0.4 is 4.74 Å². The Morgan fingerprint density at radius 1 is 0.837 bits per heavy atom. The third-order valence-corrected chi connectivity index (χ3v) is 14.8. The normalized spacial score (nSPS) is 39.8. The van der Waals surface area contributed by atoms with Gasteiger partial charge < -0.3 is 4.74 Å². The predicted octanol–water partition coefficient (Wildman–Crippen LogP) is 11.9. The summed E-state index contributed by atoms with van der Waals surface area (Å²) < 4.78 is 5.87. The highest BCUT2D eigenvalue weighted by molar-refractivity contribution is 5.72. The Hall–Kier alpha value is -1.31. The second kappa shape index (κ2) is 13.6. The molecule has 0 N–H and O–H groups in total. The average Bonchev–Trinajstić information content (AvgIpc) is 3.38. The summed E-state index contributed by atoms with van der Waals surface area (Å²) in [5.74, 6) is 7.54. The molecule has 5 aliphatic carbocycles. The van der Waals surface area contributed by atoms with Crippen molar-refractivity contribution >= 4 is 5.97 Å². The SMILES string of the molecule is CCCCCC1CCC(c2ccc(OC(=O)CC[C@@H](C)[C@H]3CC[C@H]4[C@@H]5CCC6CCCC[C@]6(C)[C@H]5CC[C@]34C)cc2)CC1. The minimum atomic E-state index is -0.0425. The van der Waals surface area contributed by atoms with E-state index >= 15 is 0 Å². The number of esters is 1. The maximum absolute atomic E-state index is 13.0. The van der Waals surface area contributed by atoms with Crippen LogP contribution in [-0.4, -0.2) is 5.97 Å². The summed E-state index contributed by atoms with van der Waals surface area (Å²) in [7, 11) is 0. The summed E-state index contributed by atoms with van der Waals surface area (Å²) in [5, 5.41) is 0. The van der Waals surface area contributed by atoms with Crippen molar-refractivity contribution in [2.45, 2.75) is 162 Å². The lowest BCUT2D eigenvalue weighted by molar-refractivity contribution is -0.135. The molecule has 240 valence electrons. The number of unbranched alkanes of at least 4 members (excludes halogenated alkanes) is 2. The fourth-order valence-electron chi connectivity index (χ4n) is 12.3. The van der Waals surface area contributed by atoms with Crippen LogP contribution in [0.2, 0.25) is 0 Å². The minimum absolute atomic E-state index is 0.0425. The largest absolute Gasteiger partial charge is 0.427 e. The Morgan fingerprint density at radius 3 is 2.37 bits per heavy atom. The molecule has 0 aliphatic heterocycles. The molecule has 0 radical (unpaired) electrons. The van der Waals surface area contributed by atoms with Crippen LogP contribution in [0.15, 0.2) is 24.3 Å². The zero-order valence-corrected chi connectivity index (χ0v) is 28.4. The van der Waals surface area contributed by atoms with E-state index in [0.29, 0.717) is 29.1 Å². The zero-order chi connectivity index (χ0) is 30.0. The molecule has 0 saturated heterocycles. The highest BCUT2D eigenvalue weighted by Gasteiger charge is 2.60. The van der Waals surface area contributed by atoms with Crippen LogP contribution in [0.5, 0.6) is 5.75 Å². The van der Waals surface area contributed by atoms with Crippen molar-refractivity contribution < 1.29 is 9.53 Å². The number of ether oxygens (including phenoxy) is 1. The van der Waals surface area contributed by atoms with Crippen LogP contribution in [0.4, 0.5) is 0 Å². The van der Waals surface area contributed by atoms with Gasteiger partial charge in [0, 0.05) is 6.42 Å². The summed E-state index contributed by atoms with van der Waals surface area (Å²) in [6.45, 7) is 10.1. The van der Waals surface area contributed by atoms with E-state index in [-0.39, 0.29) is 5.97 Å². The van der Waals surface area contributed by atoms with Gasteiger partial charge in [-0.3, -0.25) is 4.79 Å². The predicted molar refractivity (Wildman–Crippen MR) is 179 cm³/mol. The van der Waals surface area contributed by atoms with Gasteiger partial charge in [0.25, 0.3) is 0 Å². The van der Waals surface area contributed by atoms with Crippen molar-refractivity contribution in [3.05, 3.63) is 29.8 Å². The fraction of sp³-hybridized carbons (Fsp3) is 0.829. The van der Waals surface area contributed by atoms with Gasteiger partial charge in [-0.25, -0.2) is 0 Å². The van der Waals surface area contributed by atoms with Gasteiger partial charge in [0.1, 0.15) is 5.75 Å². The van der Waals surface area contributed by atoms with Gasteiger partial charge in [-0.2, -0.15) is 0 Å². The van der Waals surface area contributed by atoms with Crippen LogP contribution in [0.25, 0.3) is 0 Å². The fourth-order valence-corrected chi connectivity index (χ4v) is 12.3. The second-order valence-corrected chi connectivity index (χ2v) is 16.9. The Balaban J connectivity index is 0.967. The molecule has 0 spiro atoms. The van der Waals surface area contributed by atoms with Crippen molar-refractivity contribution in [1.29, 1.82) is 0 Å². The lowest BCUT2D eigenvalue weighted by Gasteiger charge is -2.61. The number of hydrogen-bond donors (Lipinski definition) is 0. The van der Waals surface area contributed by atoms with Crippen molar-refractivity contribution in [2.75, 3.05) is 0 Å². The van der Waals surface area contributed by atoms with Crippen LogP contribution in [0.3, 0.4) is 0 Å². The van der Waals surface area contributed by atoms with Gasteiger partial charge in [-0.15, -0.1) is 0 Å². The highest BCUT2D eigenvalue weighted by Crippen LogP contribution is 2.68. The molecule has 1 aromatic rings. The van der Waals surface area contributed by atoms with Gasteiger partial charge >= 0.3 is 5.97 Å². The lowest BCUT2D eigenvalue weighted by Crippen LogP contribution is -2.53.